The second kappa shape index (κ2) is 7.95. The molecule has 1 amide bonds. The van der Waals surface area contributed by atoms with Crippen LogP contribution in [0.3, 0.4) is 0 Å². The number of benzene rings is 2. The second-order valence-corrected chi connectivity index (χ2v) is 6.86. The molecular formula is C18H13BrFN3O6. The predicted molar refractivity (Wildman–Crippen MR) is 101 cm³/mol. The number of rotatable bonds is 4. The molecule has 0 saturated carbocycles. The molecule has 1 heterocycles. The quantitative estimate of drug-likeness (QED) is 0.294. The van der Waals surface area contributed by atoms with Crippen LogP contribution in [0.2, 0.25) is 0 Å². The van der Waals surface area contributed by atoms with Crippen molar-refractivity contribution in [3.63, 3.8) is 0 Å². The number of nitro benzene ring substituents is 1. The van der Waals surface area contributed by atoms with Crippen LogP contribution in [-0.2, 0) is 14.3 Å². The van der Waals surface area contributed by atoms with Gasteiger partial charge in [-0.3, -0.25) is 19.7 Å². The molecule has 2 aromatic rings. The maximum atomic E-state index is 13.2. The van der Waals surface area contributed by atoms with E-state index in [0.717, 1.165) is 18.0 Å². The minimum Gasteiger partial charge on any atom is -0.446 e. The Morgan fingerprint density at radius 3 is 2.48 bits per heavy atom. The second-order valence-electron chi connectivity index (χ2n) is 5.94. The van der Waals surface area contributed by atoms with Gasteiger partial charge in [-0.25, -0.2) is 4.39 Å². The van der Waals surface area contributed by atoms with Gasteiger partial charge in [0.15, 0.2) is 0 Å². The van der Waals surface area contributed by atoms with E-state index in [-0.39, 0.29) is 17.2 Å². The molecule has 3 rings (SSSR count). The lowest BCUT2D eigenvalue weighted by molar-refractivity contribution is -0.385. The average Bonchev–Trinajstić information content (AvgIpc) is 3.08. The standard InChI is InChI=1S/C18H13BrFN3O6/c1-9(24)22-18(11-3-5-13(20)6-4-11)29-17(21-22)14-7-12(19)8-15(23(26)27)16(14)28-10(2)25/h3-8,18H,1-2H3/t18-/m0/s1. The molecule has 0 aromatic heterocycles. The van der Waals surface area contributed by atoms with Crippen molar-refractivity contribution in [1.82, 2.24) is 5.01 Å². The van der Waals surface area contributed by atoms with Crippen LogP contribution >= 0.6 is 15.9 Å². The van der Waals surface area contributed by atoms with Gasteiger partial charge in [0.05, 0.1) is 10.5 Å². The first kappa shape index (κ1) is 20.4. The number of halogens is 2. The predicted octanol–water partition coefficient (Wildman–Crippen LogP) is 3.66. The summed E-state index contributed by atoms with van der Waals surface area (Å²) in [6, 6.07) is 7.81. The molecule has 1 atom stereocenters. The van der Waals surface area contributed by atoms with Gasteiger partial charge in [0.25, 0.3) is 0 Å². The third-order valence-corrected chi connectivity index (χ3v) is 4.29. The highest BCUT2D eigenvalue weighted by Gasteiger charge is 2.36. The molecule has 0 bridgehead atoms. The summed E-state index contributed by atoms with van der Waals surface area (Å²) in [6.45, 7) is 2.35. The Morgan fingerprint density at radius 2 is 1.93 bits per heavy atom. The zero-order chi connectivity index (χ0) is 21.3. The minimum absolute atomic E-state index is 0.00265. The first-order valence-corrected chi connectivity index (χ1v) is 8.94. The number of amides is 1. The molecule has 2 aromatic carbocycles. The molecule has 0 spiro atoms. The molecule has 9 nitrogen and oxygen atoms in total. The van der Waals surface area contributed by atoms with E-state index in [1.165, 1.54) is 37.3 Å². The summed E-state index contributed by atoms with van der Waals surface area (Å²) < 4.78 is 24.3. The number of carbonyl (C=O) groups is 2. The third kappa shape index (κ3) is 4.24. The van der Waals surface area contributed by atoms with E-state index >= 15 is 0 Å². The van der Waals surface area contributed by atoms with Gasteiger partial charge in [-0.2, -0.15) is 5.01 Å². The number of nitro groups is 1. The van der Waals surface area contributed by atoms with E-state index in [9.17, 15) is 24.1 Å². The van der Waals surface area contributed by atoms with Crippen molar-refractivity contribution >= 4 is 39.4 Å². The highest BCUT2D eigenvalue weighted by molar-refractivity contribution is 9.10. The van der Waals surface area contributed by atoms with Gasteiger partial charge >= 0.3 is 11.7 Å². The number of hydrogen-bond donors (Lipinski definition) is 0. The van der Waals surface area contributed by atoms with Gasteiger partial charge in [-0.15, -0.1) is 5.10 Å². The van der Waals surface area contributed by atoms with E-state index in [0.29, 0.717) is 10.0 Å². The van der Waals surface area contributed by atoms with Crippen LogP contribution < -0.4 is 4.74 Å². The van der Waals surface area contributed by atoms with Crippen molar-refractivity contribution in [3.05, 3.63) is 67.9 Å². The Bertz CT molecular complexity index is 1040. The summed E-state index contributed by atoms with van der Waals surface area (Å²) in [5.74, 6) is -2.27. The van der Waals surface area contributed by atoms with E-state index in [1.807, 2.05) is 0 Å². The molecule has 1 aliphatic heterocycles. The molecule has 11 heteroatoms. The highest BCUT2D eigenvalue weighted by atomic mass is 79.9. The first-order valence-electron chi connectivity index (χ1n) is 8.14. The fourth-order valence-electron chi connectivity index (χ4n) is 2.64. The van der Waals surface area contributed by atoms with Gasteiger partial charge in [0.1, 0.15) is 5.82 Å². The molecule has 29 heavy (non-hydrogen) atoms. The van der Waals surface area contributed by atoms with Crippen LogP contribution in [0.5, 0.6) is 5.75 Å². The van der Waals surface area contributed by atoms with E-state index < -0.39 is 34.5 Å². The van der Waals surface area contributed by atoms with Gasteiger partial charge in [0.2, 0.25) is 23.8 Å². The molecule has 0 N–H and O–H groups in total. The lowest BCUT2D eigenvalue weighted by atomic mass is 10.1. The number of hydrogen-bond acceptors (Lipinski definition) is 7. The molecule has 0 fully saturated rings. The van der Waals surface area contributed by atoms with Crippen LogP contribution in [0.4, 0.5) is 10.1 Å². The molecule has 0 unspecified atom stereocenters. The van der Waals surface area contributed by atoms with Crippen molar-refractivity contribution in [3.8, 4) is 5.75 Å². The van der Waals surface area contributed by atoms with E-state index in [4.69, 9.17) is 9.47 Å². The Balaban J connectivity index is 2.11. The summed E-state index contributed by atoms with van der Waals surface area (Å²) in [7, 11) is 0. The lowest BCUT2D eigenvalue weighted by Crippen LogP contribution is -2.25. The Morgan fingerprint density at radius 1 is 1.28 bits per heavy atom. The fraction of sp³-hybridized carbons (Fsp3) is 0.167. The van der Waals surface area contributed by atoms with Gasteiger partial charge in [-0.1, -0.05) is 28.1 Å². The smallest absolute Gasteiger partial charge is 0.313 e. The number of carbonyl (C=O) groups excluding carboxylic acids is 2. The minimum atomic E-state index is -1.02. The summed E-state index contributed by atoms with van der Waals surface area (Å²) in [6.07, 6.45) is -1.02. The summed E-state index contributed by atoms with van der Waals surface area (Å²) in [5.41, 5.74) is -0.0634. The van der Waals surface area contributed by atoms with Crippen molar-refractivity contribution in [2.75, 3.05) is 0 Å². The maximum Gasteiger partial charge on any atom is 0.313 e. The largest absolute Gasteiger partial charge is 0.446 e. The molecule has 0 radical (unpaired) electrons. The molecule has 1 aliphatic rings. The first-order chi connectivity index (χ1) is 13.7. The van der Waals surface area contributed by atoms with E-state index in [1.54, 1.807) is 0 Å². The fourth-order valence-corrected chi connectivity index (χ4v) is 3.09. The Kier molecular flexibility index (Phi) is 5.59. The number of nitrogens with zero attached hydrogens (tertiary/aromatic N) is 3. The number of ether oxygens (including phenoxy) is 2. The maximum absolute atomic E-state index is 13.2. The van der Waals surface area contributed by atoms with Gasteiger partial charge in [0, 0.05) is 30.0 Å². The average molecular weight is 466 g/mol. The Hall–Kier alpha value is -3.34. The van der Waals surface area contributed by atoms with Crippen molar-refractivity contribution in [2.24, 2.45) is 5.10 Å². The van der Waals surface area contributed by atoms with E-state index in [2.05, 4.69) is 21.0 Å². The summed E-state index contributed by atoms with van der Waals surface area (Å²) in [5, 5.41) is 16.5. The van der Waals surface area contributed by atoms with Crippen LogP contribution in [0.1, 0.15) is 31.2 Å². The SMILES string of the molecule is CC(=O)Oc1c(C2=NN(C(C)=O)[C@H](c3ccc(F)cc3)O2)cc(Br)cc1[N+](=O)[O-]. The van der Waals surface area contributed by atoms with Crippen molar-refractivity contribution in [2.45, 2.75) is 20.1 Å². The lowest BCUT2D eigenvalue weighted by Gasteiger charge is -2.19. The van der Waals surface area contributed by atoms with Crippen LogP contribution in [0.25, 0.3) is 0 Å². The molecular weight excluding hydrogens is 453 g/mol. The van der Waals surface area contributed by atoms with Gasteiger partial charge < -0.3 is 9.47 Å². The van der Waals surface area contributed by atoms with Crippen LogP contribution in [0, 0.1) is 15.9 Å². The zero-order valence-electron chi connectivity index (χ0n) is 15.1. The van der Waals surface area contributed by atoms with Crippen molar-refractivity contribution in [1.29, 1.82) is 0 Å². The zero-order valence-corrected chi connectivity index (χ0v) is 16.7. The molecule has 150 valence electrons. The van der Waals surface area contributed by atoms with Crippen molar-refractivity contribution < 1.29 is 28.4 Å². The summed E-state index contributed by atoms with van der Waals surface area (Å²) in [4.78, 5) is 34.2. The van der Waals surface area contributed by atoms with Crippen LogP contribution in [-0.4, -0.2) is 27.7 Å². The van der Waals surface area contributed by atoms with Gasteiger partial charge in [-0.05, 0) is 18.2 Å². The third-order valence-electron chi connectivity index (χ3n) is 3.83. The number of esters is 1. The topological polar surface area (TPSA) is 111 Å². The Labute approximate surface area is 172 Å². The molecule has 0 aliphatic carbocycles. The monoisotopic (exact) mass is 465 g/mol. The molecule has 0 saturated heterocycles. The summed E-state index contributed by atoms with van der Waals surface area (Å²) >= 11 is 3.16. The normalized spacial score (nSPS) is 15.5. The van der Waals surface area contributed by atoms with Crippen LogP contribution in [0.15, 0.2) is 46.0 Å². The number of hydrazone groups is 1. The highest BCUT2D eigenvalue weighted by Crippen LogP contribution is 2.39.